The molecule has 0 bridgehead atoms. The highest BCUT2D eigenvalue weighted by Crippen LogP contribution is 2.41. The van der Waals surface area contributed by atoms with Gasteiger partial charge in [-0.2, -0.15) is 14.1 Å². The van der Waals surface area contributed by atoms with Crippen molar-refractivity contribution >= 4 is 63.7 Å². The highest BCUT2D eigenvalue weighted by Gasteiger charge is 2.54. The van der Waals surface area contributed by atoms with Crippen molar-refractivity contribution in [2.75, 3.05) is 31.5 Å². The molecule has 1 saturated heterocycles. The summed E-state index contributed by atoms with van der Waals surface area (Å²) in [6, 6.07) is 0.144. The van der Waals surface area contributed by atoms with E-state index >= 15 is 0 Å². The molecule has 2 aliphatic rings. The van der Waals surface area contributed by atoms with E-state index < -0.39 is 40.4 Å². The Kier molecular flexibility index (Phi) is 8.50. The van der Waals surface area contributed by atoms with Crippen molar-refractivity contribution in [3.8, 4) is 5.75 Å². The number of fused-ring (bicyclic) bond motifs is 1. The average molecular weight is 652 g/mol. The number of aromatic nitrogens is 7. The van der Waals surface area contributed by atoms with Crippen LogP contribution < -0.4 is 21.3 Å². The first-order valence-corrected chi connectivity index (χ1v) is 14.7. The standard InChI is InChI=1S/C21H21N11O8S3/c1-39-26-12(15-24-20(22)43-27-15)16(35)23-13-17(36)32-14(19(37)38)8(6-41-18(13)32)7-42-21-25-28-29-30(21)4-9-3-10(33)11(34)5-31(9)40-2/h3,5,13,18,34H,4,6-7H2,1-2H3,(H,23,35)(H,37,38)(H2,22,24,27)/t13-,18+/m1/s1. The molecule has 0 spiro atoms. The third-order valence-electron chi connectivity index (χ3n) is 6.04. The fraction of sp³-hybridized carbons (Fsp3) is 0.333. The van der Waals surface area contributed by atoms with E-state index in [-0.39, 0.29) is 40.4 Å². The van der Waals surface area contributed by atoms with Crippen molar-refractivity contribution in [3.05, 3.63) is 45.3 Å². The number of rotatable bonds is 11. The molecule has 226 valence electrons. The number of aromatic hydroxyl groups is 1. The summed E-state index contributed by atoms with van der Waals surface area (Å²) in [5.41, 5.74) is 5.27. The van der Waals surface area contributed by atoms with E-state index in [2.05, 4.69) is 35.4 Å². The number of hydrogen-bond donors (Lipinski definition) is 4. The number of carboxylic acids is 1. The summed E-state index contributed by atoms with van der Waals surface area (Å²) in [5, 5.41) is 37.1. The van der Waals surface area contributed by atoms with Crippen molar-refractivity contribution < 1.29 is 34.3 Å². The Morgan fingerprint density at radius 1 is 1.33 bits per heavy atom. The number of carbonyl (C=O) groups excluding carboxylic acids is 2. The molecular formula is C21H21N11O8S3. The number of carbonyl (C=O) groups is 3. The topological polar surface area (TPSA) is 255 Å². The molecule has 0 aliphatic carbocycles. The van der Waals surface area contributed by atoms with E-state index in [0.29, 0.717) is 16.4 Å². The van der Waals surface area contributed by atoms with Crippen molar-refractivity contribution in [3.63, 3.8) is 0 Å². The van der Waals surface area contributed by atoms with Gasteiger partial charge in [-0.1, -0.05) is 16.9 Å². The Morgan fingerprint density at radius 3 is 2.79 bits per heavy atom. The molecule has 3 aromatic heterocycles. The number of pyridine rings is 1. The maximum atomic E-state index is 13.1. The van der Waals surface area contributed by atoms with E-state index in [9.17, 15) is 29.4 Å². The SMILES string of the molecule is CON=C(C(=O)N[C@@H]1C(=O)N2C(C(=O)O)=C(CSc3nnnn3Cc3cc(=O)c(O)cn3OC)CS[C@@H]12)c1nsc(N)n1. The van der Waals surface area contributed by atoms with Crippen LogP contribution in [0.5, 0.6) is 5.75 Å². The van der Waals surface area contributed by atoms with Gasteiger partial charge in [0.2, 0.25) is 22.1 Å². The van der Waals surface area contributed by atoms with Gasteiger partial charge in [0.1, 0.15) is 31.3 Å². The van der Waals surface area contributed by atoms with Gasteiger partial charge in [0.15, 0.2) is 10.9 Å². The molecule has 22 heteroatoms. The number of oxime groups is 1. The van der Waals surface area contributed by atoms with Crippen molar-refractivity contribution in [1.29, 1.82) is 0 Å². The van der Waals surface area contributed by atoms with Crippen LogP contribution in [-0.2, 0) is 25.8 Å². The second-order valence-electron chi connectivity index (χ2n) is 8.63. The van der Waals surface area contributed by atoms with Crippen LogP contribution in [0.2, 0.25) is 0 Å². The molecule has 1 fully saturated rings. The Morgan fingerprint density at radius 2 is 2.12 bits per heavy atom. The summed E-state index contributed by atoms with van der Waals surface area (Å²) in [4.78, 5) is 65.1. The fourth-order valence-corrected chi connectivity index (χ4v) is 6.94. The molecule has 0 unspecified atom stereocenters. The van der Waals surface area contributed by atoms with Crippen LogP contribution in [0.25, 0.3) is 0 Å². The molecule has 19 nitrogen and oxygen atoms in total. The lowest BCUT2D eigenvalue weighted by Crippen LogP contribution is -2.71. The first-order valence-electron chi connectivity index (χ1n) is 11.9. The molecular weight excluding hydrogens is 631 g/mol. The summed E-state index contributed by atoms with van der Waals surface area (Å²) < 4.78 is 6.50. The summed E-state index contributed by atoms with van der Waals surface area (Å²) in [5.74, 6) is -2.94. The minimum absolute atomic E-state index is 0.00369. The van der Waals surface area contributed by atoms with E-state index in [0.717, 1.165) is 34.4 Å². The number of tetrazole rings is 1. The lowest BCUT2D eigenvalue weighted by Gasteiger charge is -2.49. The summed E-state index contributed by atoms with van der Waals surface area (Å²) in [6.45, 7) is 0.00369. The lowest BCUT2D eigenvalue weighted by atomic mass is 10.0. The Bertz CT molecular complexity index is 1720. The third kappa shape index (κ3) is 5.83. The maximum absolute atomic E-state index is 13.1. The molecule has 5 rings (SSSR count). The second-order valence-corrected chi connectivity index (χ2v) is 11.5. The fourth-order valence-electron chi connectivity index (χ4n) is 4.15. The number of carboxylic acid groups (broad SMARTS) is 1. The quantitative estimate of drug-likeness (QED) is 0.0754. The van der Waals surface area contributed by atoms with Gasteiger partial charge in [-0.15, -0.1) is 16.9 Å². The van der Waals surface area contributed by atoms with Crippen molar-refractivity contribution in [2.45, 2.75) is 23.1 Å². The number of thioether (sulfide) groups is 2. The summed E-state index contributed by atoms with van der Waals surface area (Å²) >= 11 is 3.25. The molecule has 0 aromatic carbocycles. The molecule has 5 heterocycles. The second kappa shape index (κ2) is 12.3. The predicted octanol–water partition coefficient (Wildman–Crippen LogP) is -2.04. The number of nitrogen functional groups attached to an aromatic ring is 1. The van der Waals surface area contributed by atoms with Gasteiger partial charge in [-0.05, 0) is 16.0 Å². The first kappa shape index (κ1) is 29.8. The predicted molar refractivity (Wildman–Crippen MR) is 150 cm³/mol. The number of nitrogens with one attached hydrogen (secondary N) is 1. The van der Waals surface area contributed by atoms with Gasteiger partial charge in [0, 0.05) is 29.1 Å². The molecule has 0 saturated carbocycles. The monoisotopic (exact) mass is 651 g/mol. The number of nitrogens with two attached hydrogens (primary N) is 1. The third-order valence-corrected chi connectivity index (χ3v) is 8.97. The number of hydrogen-bond acceptors (Lipinski definition) is 17. The van der Waals surface area contributed by atoms with Crippen LogP contribution >= 0.6 is 35.1 Å². The number of anilines is 1. The zero-order valence-electron chi connectivity index (χ0n) is 22.1. The first-order chi connectivity index (χ1) is 20.6. The van der Waals surface area contributed by atoms with E-state index in [1.807, 2.05) is 0 Å². The largest absolute Gasteiger partial charge is 0.503 e. The minimum Gasteiger partial charge on any atom is -0.503 e. The molecule has 3 aromatic rings. The van der Waals surface area contributed by atoms with Crippen LogP contribution in [0.1, 0.15) is 11.5 Å². The van der Waals surface area contributed by atoms with Gasteiger partial charge in [0.05, 0.1) is 18.4 Å². The van der Waals surface area contributed by atoms with Gasteiger partial charge < -0.3 is 30.9 Å². The Hall–Kier alpha value is -4.70. The van der Waals surface area contributed by atoms with Crippen molar-refractivity contribution in [1.82, 2.24) is 44.5 Å². The van der Waals surface area contributed by atoms with Crippen LogP contribution in [0.15, 0.2) is 38.6 Å². The average Bonchev–Trinajstić information content (AvgIpc) is 3.62. The highest BCUT2D eigenvalue weighted by molar-refractivity contribution is 8.01. The summed E-state index contributed by atoms with van der Waals surface area (Å²) in [6.07, 6.45) is 1.12. The zero-order valence-corrected chi connectivity index (χ0v) is 24.6. The smallest absolute Gasteiger partial charge is 0.352 e. The Balaban J connectivity index is 1.30. The van der Waals surface area contributed by atoms with Crippen molar-refractivity contribution in [2.24, 2.45) is 5.16 Å². The number of aliphatic carboxylic acids is 1. The van der Waals surface area contributed by atoms with Gasteiger partial charge in [-0.3, -0.25) is 19.3 Å². The Labute approximate surface area is 252 Å². The van der Waals surface area contributed by atoms with Gasteiger partial charge in [0.25, 0.3) is 11.8 Å². The van der Waals surface area contributed by atoms with Gasteiger partial charge in [-0.25, -0.2) is 9.48 Å². The van der Waals surface area contributed by atoms with Crippen LogP contribution in [-0.4, -0.2) is 110 Å². The van der Waals surface area contributed by atoms with E-state index in [4.69, 9.17) is 15.4 Å². The molecule has 5 N–H and O–H groups in total. The lowest BCUT2D eigenvalue weighted by molar-refractivity contribution is -0.150. The number of amides is 2. The molecule has 2 amide bonds. The molecule has 0 radical (unpaired) electrons. The number of nitrogens with zero attached hydrogens (tertiary/aromatic N) is 9. The van der Waals surface area contributed by atoms with Crippen LogP contribution in [0.4, 0.5) is 5.13 Å². The number of β-lactam (4-membered cyclic amide) rings is 1. The minimum atomic E-state index is -1.31. The highest BCUT2D eigenvalue weighted by atomic mass is 32.2. The van der Waals surface area contributed by atoms with E-state index in [1.165, 1.54) is 41.5 Å². The van der Waals surface area contributed by atoms with Crippen LogP contribution in [0, 0.1) is 0 Å². The summed E-state index contributed by atoms with van der Waals surface area (Å²) in [7, 11) is 2.58. The maximum Gasteiger partial charge on any atom is 0.352 e. The zero-order chi connectivity index (χ0) is 30.8. The van der Waals surface area contributed by atoms with Gasteiger partial charge >= 0.3 is 5.97 Å². The molecule has 2 atom stereocenters. The molecule has 43 heavy (non-hydrogen) atoms. The molecule has 2 aliphatic heterocycles. The van der Waals surface area contributed by atoms with Crippen LogP contribution in [0.3, 0.4) is 0 Å². The van der Waals surface area contributed by atoms with E-state index in [1.54, 1.807) is 0 Å². The normalized spacial score (nSPS) is 18.2.